The van der Waals surface area contributed by atoms with Crippen LogP contribution in [0.3, 0.4) is 0 Å². The molecular weight excluding hydrogens is 416 g/mol. The first kappa shape index (κ1) is 23.4. The van der Waals surface area contributed by atoms with E-state index in [1.54, 1.807) is 7.11 Å². The molecule has 0 bridgehead atoms. The Balaban J connectivity index is 0.000000427. The third-order valence-corrected chi connectivity index (χ3v) is 5.43. The van der Waals surface area contributed by atoms with E-state index in [0.29, 0.717) is 0 Å². The lowest BCUT2D eigenvalue weighted by molar-refractivity contribution is -0.159. The fraction of sp³-hybridized carbons (Fsp3) is 0.391. The number of fused-ring (bicyclic) bond motifs is 1. The molecule has 0 saturated carbocycles. The first-order chi connectivity index (χ1) is 15.4. The SMILES string of the molecule is COc1cc(CN2CCN(Cc3ccccc3C)CC2)cc2c1OCO2.O=C(O)C(=O)O. The van der Waals surface area contributed by atoms with Crippen LogP contribution < -0.4 is 14.2 Å². The van der Waals surface area contributed by atoms with Crippen LogP contribution in [0, 0.1) is 6.92 Å². The lowest BCUT2D eigenvalue weighted by Crippen LogP contribution is -2.45. The molecule has 9 heteroatoms. The number of carbonyl (C=O) groups is 2. The summed E-state index contributed by atoms with van der Waals surface area (Å²) >= 11 is 0. The third-order valence-electron chi connectivity index (χ3n) is 5.43. The summed E-state index contributed by atoms with van der Waals surface area (Å²) in [5.41, 5.74) is 4.02. The highest BCUT2D eigenvalue weighted by molar-refractivity contribution is 6.27. The van der Waals surface area contributed by atoms with Crippen molar-refractivity contribution >= 4 is 11.9 Å². The maximum absolute atomic E-state index is 9.10. The Hall–Kier alpha value is -3.30. The largest absolute Gasteiger partial charge is 0.493 e. The van der Waals surface area contributed by atoms with E-state index in [1.165, 1.54) is 16.7 Å². The summed E-state index contributed by atoms with van der Waals surface area (Å²) in [6, 6.07) is 12.8. The quantitative estimate of drug-likeness (QED) is 0.671. The summed E-state index contributed by atoms with van der Waals surface area (Å²) in [4.78, 5) is 23.2. The number of aliphatic carboxylic acids is 2. The van der Waals surface area contributed by atoms with Crippen molar-refractivity contribution in [2.45, 2.75) is 20.0 Å². The fourth-order valence-corrected chi connectivity index (χ4v) is 3.67. The van der Waals surface area contributed by atoms with Gasteiger partial charge in [0.15, 0.2) is 11.5 Å². The molecular formula is C23H28N2O7. The van der Waals surface area contributed by atoms with E-state index in [2.05, 4.69) is 53.1 Å². The van der Waals surface area contributed by atoms with Crippen LogP contribution in [0.2, 0.25) is 0 Å². The third kappa shape index (κ3) is 6.12. The molecule has 0 radical (unpaired) electrons. The molecule has 1 fully saturated rings. The molecule has 0 aromatic heterocycles. The zero-order valence-electron chi connectivity index (χ0n) is 18.2. The summed E-state index contributed by atoms with van der Waals surface area (Å²) in [6.07, 6.45) is 0. The summed E-state index contributed by atoms with van der Waals surface area (Å²) in [5, 5.41) is 14.8. The Labute approximate surface area is 186 Å². The highest BCUT2D eigenvalue weighted by atomic mass is 16.7. The van der Waals surface area contributed by atoms with Gasteiger partial charge in [0.1, 0.15) is 0 Å². The van der Waals surface area contributed by atoms with Crippen LogP contribution in [0.25, 0.3) is 0 Å². The molecule has 2 N–H and O–H groups in total. The van der Waals surface area contributed by atoms with Gasteiger partial charge in [0.25, 0.3) is 0 Å². The number of hydrogen-bond donors (Lipinski definition) is 2. The summed E-state index contributed by atoms with van der Waals surface area (Å²) in [6.45, 7) is 8.74. The van der Waals surface area contributed by atoms with Gasteiger partial charge in [-0.05, 0) is 35.7 Å². The number of methoxy groups -OCH3 is 1. The number of carboxylic acids is 2. The molecule has 1 saturated heterocycles. The van der Waals surface area contributed by atoms with Gasteiger partial charge in [0, 0.05) is 39.3 Å². The lowest BCUT2D eigenvalue weighted by atomic mass is 10.1. The van der Waals surface area contributed by atoms with Crippen molar-refractivity contribution in [1.29, 1.82) is 0 Å². The van der Waals surface area contributed by atoms with E-state index in [9.17, 15) is 0 Å². The van der Waals surface area contributed by atoms with Crippen molar-refractivity contribution < 1.29 is 34.0 Å². The van der Waals surface area contributed by atoms with Crippen molar-refractivity contribution in [2.75, 3.05) is 40.1 Å². The summed E-state index contributed by atoms with van der Waals surface area (Å²) < 4.78 is 16.5. The number of carboxylic acid groups (broad SMARTS) is 2. The highest BCUT2D eigenvalue weighted by Gasteiger charge is 2.22. The van der Waals surface area contributed by atoms with E-state index >= 15 is 0 Å². The van der Waals surface area contributed by atoms with Gasteiger partial charge >= 0.3 is 11.9 Å². The Morgan fingerprint density at radius 3 is 2.19 bits per heavy atom. The molecule has 0 spiro atoms. The Kier molecular flexibility index (Phi) is 7.91. The number of ether oxygens (including phenoxy) is 3. The second-order valence-electron chi connectivity index (χ2n) is 7.62. The zero-order chi connectivity index (χ0) is 23.1. The molecule has 4 rings (SSSR count). The summed E-state index contributed by atoms with van der Waals surface area (Å²) in [5.74, 6) is -1.38. The predicted molar refractivity (Wildman–Crippen MR) is 116 cm³/mol. The summed E-state index contributed by atoms with van der Waals surface area (Å²) in [7, 11) is 1.67. The average molecular weight is 444 g/mol. The normalized spacial score (nSPS) is 15.6. The maximum atomic E-state index is 9.10. The Morgan fingerprint density at radius 1 is 0.969 bits per heavy atom. The molecule has 172 valence electrons. The van der Waals surface area contributed by atoms with E-state index < -0.39 is 11.9 Å². The van der Waals surface area contributed by atoms with Crippen LogP contribution in [-0.2, 0) is 22.7 Å². The molecule has 0 amide bonds. The predicted octanol–water partition coefficient (Wildman–Crippen LogP) is 2.21. The van der Waals surface area contributed by atoms with Crippen LogP contribution in [-0.4, -0.2) is 72.0 Å². The van der Waals surface area contributed by atoms with Gasteiger partial charge in [-0.2, -0.15) is 0 Å². The number of piperazine rings is 1. The van der Waals surface area contributed by atoms with Crippen molar-refractivity contribution in [3.05, 3.63) is 53.1 Å². The first-order valence-corrected chi connectivity index (χ1v) is 10.3. The molecule has 2 aliphatic heterocycles. The Bertz CT molecular complexity index is 943. The number of benzene rings is 2. The van der Waals surface area contributed by atoms with Gasteiger partial charge in [0.2, 0.25) is 12.5 Å². The maximum Gasteiger partial charge on any atom is 0.414 e. The zero-order valence-corrected chi connectivity index (χ0v) is 18.2. The molecule has 2 aromatic rings. The van der Waals surface area contributed by atoms with Gasteiger partial charge < -0.3 is 24.4 Å². The number of rotatable bonds is 5. The van der Waals surface area contributed by atoms with E-state index in [-0.39, 0.29) is 6.79 Å². The molecule has 2 aromatic carbocycles. The van der Waals surface area contributed by atoms with Crippen molar-refractivity contribution in [3.8, 4) is 17.2 Å². The fourth-order valence-electron chi connectivity index (χ4n) is 3.67. The number of hydrogen-bond acceptors (Lipinski definition) is 7. The minimum absolute atomic E-state index is 0.271. The van der Waals surface area contributed by atoms with Gasteiger partial charge in [-0.15, -0.1) is 0 Å². The molecule has 9 nitrogen and oxygen atoms in total. The average Bonchev–Trinajstić information content (AvgIpc) is 3.25. The number of aryl methyl sites for hydroxylation is 1. The topological polar surface area (TPSA) is 109 Å². The van der Waals surface area contributed by atoms with E-state index in [0.717, 1.165) is 56.5 Å². The Morgan fingerprint density at radius 2 is 1.59 bits per heavy atom. The first-order valence-electron chi connectivity index (χ1n) is 10.3. The minimum atomic E-state index is -1.82. The molecule has 32 heavy (non-hydrogen) atoms. The molecule has 0 aliphatic carbocycles. The van der Waals surface area contributed by atoms with Crippen LogP contribution in [0.15, 0.2) is 36.4 Å². The van der Waals surface area contributed by atoms with Crippen molar-refractivity contribution in [3.63, 3.8) is 0 Å². The minimum Gasteiger partial charge on any atom is -0.493 e. The second-order valence-corrected chi connectivity index (χ2v) is 7.62. The number of nitrogens with zero attached hydrogens (tertiary/aromatic N) is 2. The smallest absolute Gasteiger partial charge is 0.414 e. The van der Waals surface area contributed by atoms with Gasteiger partial charge in [-0.1, -0.05) is 24.3 Å². The van der Waals surface area contributed by atoms with Crippen molar-refractivity contribution in [1.82, 2.24) is 9.80 Å². The standard InChI is InChI=1S/C21H26N2O3.C2H2O4/c1-16-5-3-4-6-18(16)14-23-9-7-22(8-10-23)13-17-11-19(24-2)21-20(12-17)25-15-26-21;3-1(4)2(5)6/h3-6,11-12H,7-10,13-15H2,1-2H3;(H,3,4)(H,5,6). The second kappa shape index (κ2) is 10.8. The monoisotopic (exact) mass is 444 g/mol. The van der Waals surface area contributed by atoms with Crippen LogP contribution in [0.1, 0.15) is 16.7 Å². The molecule has 0 unspecified atom stereocenters. The lowest BCUT2D eigenvalue weighted by Gasteiger charge is -2.35. The van der Waals surface area contributed by atoms with Crippen LogP contribution in [0.5, 0.6) is 17.2 Å². The van der Waals surface area contributed by atoms with Crippen molar-refractivity contribution in [2.24, 2.45) is 0 Å². The van der Waals surface area contributed by atoms with E-state index in [1.807, 2.05) is 0 Å². The molecule has 2 aliphatic rings. The van der Waals surface area contributed by atoms with Crippen LogP contribution >= 0.6 is 0 Å². The van der Waals surface area contributed by atoms with E-state index in [4.69, 9.17) is 34.0 Å². The van der Waals surface area contributed by atoms with Crippen LogP contribution in [0.4, 0.5) is 0 Å². The molecule has 2 heterocycles. The molecule has 0 atom stereocenters. The van der Waals surface area contributed by atoms with Gasteiger partial charge in [0.05, 0.1) is 7.11 Å². The van der Waals surface area contributed by atoms with Gasteiger partial charge in [-0.3, -0.25) is 9.80 Å². The highest BCUT2D eigenvalue weighted by Crippen LogP contribution is 2.42. The van der Waals surface area contributed by atoms with Gasteiger partial charge in [-0.25, -0.2) is 9.59 Å².